The van der Waals surface area contributed by atoms with E-state index in [0.717, 1.165) is 0 Å². The topological polar surface area (TPSA) is 98.2 Å². The minimum Gasteiger partial charge on any atom is -0.477 e. The summed E-state index contributed by atoms with van der Waals surface area (Å²) in [5.74, 6) is -0.873. The maximum Gasteiger partial charge on any atom is 0.341 e. The fraction of sp³-hybridized carbons (Fsp3) is 0.0526. The number of aromatic nitrogens is 3. The Bertz CT molecular complexity index is 1170. The van der Waals surface area contributed by atoms with Crippen LogP contribution in [0.3, 0.4) is 0 Å². The molecule has 0 spiro atoms. The van der Waals surface area contributed by atoms with Gasteiger partial charge >= 0.3 is 5.97 Å². The van der Waals surface area contributed by atoms with Crippen LogP contribution in [-0.4, -0.2) is 25.6 Å². The first-order chi connectivity index (χ1) is 12.5. The molecule has 0 saturated heterocycles. The van der Waals surface area contributed by atoms with Gasteiger partial charge in [0, 0.05) is 23.6 Å². The lowest BCUT2D eigenvalue weighted by Crippen LogP contribution is -2.26. The largest absolute Gasteiger partial charge is 0.477 e. The second-order valence-corrected chi connectivity index (χ2v) is 5.75. The molecule has 0 amide bonds. The van der Waals surface area contributed by atoms with E-state index in [1.807, 2.05) is 0 Å². The predicted octanol–water partition coefficient (Wildman–Crippen LogP) is 3.05. The Kier molecular flexibility index (Phi) is 3.62. The molecule has 0 aliphatic rings. The van der Waals surface area contributed by atoms with E-state index in [-0.39, 0.29) is 5.56 Å². The molecule has 3 heterocycles. The van der Waals surface area contributed by atoms with Gasteiger partial charge in [-0.3, -0.25) is 9.36 Å². The van der Waals surface area contributed by atoms with Crippen LogP contribution in [0.4, 0.5) is 0 Å². The molecule has 0 fully saturated rings. The molecule has 7 nitrogen and oxygen atoms in total. The summed E-state index contributed by atoms with van der Waals surface area (Å²) in [5.41, 5.74) is 1.81. The first kappa shape index (κ1) is 15.8. The van der Waals surface area contributed by atoms with Crippen LogP contribution < -0.4 is 5.56 Å². The highest BCUT2D eigenvalue weighted by Crippen LogP contribution is 2.24. The summed E-state index contributed by atoms with van der Waals surface area (Å²) in [7, 11) is 0. The van der Waals surface area contributed by atoms with E-state index >= 15 is 0 Å². The van der Waals surface area contributed by atoms with Crippen molar-refractivity contribution in [3.05, 3.63) is 76.3 Å². The van der Waals surface area contributed by atoms with Gasteiger partial charge in [0.15, 0.2) is 11.2 Å². The van der Waals surface area contributed by atoms with Crippen LogP contribution >= 0.6 is 0 Å². The SMILES string of the molecule is Cc1ccn(-c2cccc(-c3nc4ncccc4o3)c2)c(=O)c1C(=O)O. The average molecular weight is 347 g/mol. The van der Waals surface area contributed by atoms with Gasteiger partial charge in [-0.1, -0.05) is 6.07 Å². The summed E-state index contributed by atoms with van der Waals surface area (Å²) < 4.78 is 6.99. The number of carbonyl (C=O) groups is 1. The third-order valence-electron chi connectivity index (χ3n) is 4.05. The van der Waals surface area contributed by atoms with E-state index in [9.17, 15) is 14.7 Å². The lowest BCUT2D eigenvalue weighted by atomic mass is 10.1. The molecule has 0 aliphatic carbocycles. The number of carboxylic acids is 1. The van der Waals surface area contributed by atoms with Crippen molar-refractivity contribution in [3.63, 3.8) is 0 Å². The molecule has 4 rings (SSSR count). The number of carboxylic acid groups (broad SMARTS) is 1. The second-order valence-electron chi connectivity index (χ2n) is 5.75. The predicted molar refractivity (Wildman–Crippen MR) is 94.5 cm³/mol. The number of fused-ring (bicyclic) bond motifs is 1. The van der Waals surface area contributed by atoms with E-state index in [1.54, 1.807) is 61.8 Å². The Balaban J connectivity index is 1.85. The van der Waals surface area contributed by atoms with E-state index in [0.29, 0.717) is 33.9 Å². The first-order valence-corrected chi connectivity index (χ1v) is 7.82. The fourth-order valence-electron chi connectivity index (χ4n) is 2.77. The van der Waals surface area contributed by atoms with Gasteiger partial charge in [-0.05, 0) is 48.9 Å². The molecule has 128 valence electrons. The Morgan fingerprint density at radius 2 is 2.04 bits per heavy atom. The average Bonchev–Trinajstić information content (AvgIpc) is 3.06. The minimum absolute atomic E-state index is 0.246. The summed E-state index contributed by atoms with van der Waals surface area (Å²) >= 11 is 0. The quantitative estimate of drug-likeness (QED) is 0.612. The molecule has 0 bridgehead atoms. The first-order valence-electron chi connectivity index (χ1n) is 7.82. The number of aromatic carboxylic acids is 1. The number of hydrogen-bond acceptors (Lipinski definition) is 5. The number of aryl methyl sites for hydroxylation is 1. The highest BCUT2D eigenvalue weighted by Gasteiger charge is 2.16. The van der Waals surface area contributed by atoms with E-state index in [1.165, 1.54) is 4.57 Å². The highest BCUT2D eigenvalue weighted by molar-refractivity contribution is 5.88. The van der Waals surface area contributed by atoms with Gasteiger partial charge in [-0.2, -0.15) is 4.98 Å². The summed E-state index contributed by atoms with van der Waals surface area (Å²) in [6.07, 6.45) is 3.18. The molecule has 3 aromatic heterocycles. The van der Waals surface area contributed by atoms with Crippen molar-refractivity contribution in [1.29, 1.82) is 0 Å². The molecule has 0 atom stereocenters. The molecule has 0 saturated carbocycles. The summed E-state index contributed by atoms with van der Waals surface area (Å²) in [6.45, 7) is 1.59. The highest BCUT2D eigenvalue weighted by atomic mass is 16.4. The maximum atomic E-state index is 12.6. The van der Waals surface area contributed by atoms with Crippen LogP contribution in [0.1, 0.15) is 15.9 Å². The van der Waals surface area contributed by atoms with Gasteiger partial charge in [0.25, 0.3) is 5.56 Å². The van der Waals surface area contributed by atoms with Crippen molar-refractivity contribution in [3.8, 4) is 17.1 Å². The summed E-state index contributed by atoms with van der Waals surface area (Å²) in [4.78, 5) is 32.4. The Labute approximate surface area is 147 Å². The molecule has 26 heavy (non-hydrogen) atoms. The summed E-state index contributed by atoms with van der Waals surface area (Å²) in [6, 6.07) is 12.1. The number of nitrogens with zero attached hydrogens (tertiary/aromatic N) is 3. The second kappa shape index (κ2) is 5.96. The van der Waals surface area contributed by atoms with Crippen LogP contribution in [0.15, 0.2) is 64.1 Å². The van der Waals surface area contributed by atoms with Crippen LogP contribution in [0.5, 0.6) is 0 Å². The number of hydrogen-bond donors (Lipinski definition) is 1. The third-order valence-corrected chi connectivity index (χ3v) is 4.05. The van der Waals surface area contributed by atoms with E-state index in [2.05, 4.69) is 9.97 Å². The normalized spacial score (nSPS) is 11.0. The lowest BCUT2D eigenvalue weighted by molar-refractivity contribution is 0.0693. The Hall–Kier alpha value is -3.74. The molecule has 4 aromatic rings. The smallest absolute Gasteiger partial charge is 0.341 e. The van der Waals surface area contributed by atoms with Crippen LogP contribution in [0.2, 0.25) is 0 Å². The van der Waals surface area contributed by atoms with E-state index < -0.39 is 11.5 Å². The van der Waals surface area contributed by atoms with Gasteiger partial charge in [-0.15, -0.1) is 0 Å². The van der Waals surface area contributed by atoms with Crippen molar-refractivity contribution in [2.24, 2.45) is 0 Å². The third kappa shape index (κ3) is 2.55. The maximum absolute atomic E-state index is 12.6. The van der Waals surface area contributed by atoms with Gasteiger partial charge in [-0.25, -0.2) is 9.78 Å². The van der Waals surface area contributed by atoms with Gasteiger partial charge in [0.1, 0.15) is 5.56 Å². The van der Waals surface area contributed by atoms with Gasteiger partial charge in [0.05, 0.1) is 0 Å². The minimum atomic E-state index is -1.25. The molecule has 7 heteroatoms. The monoisotopic (exact) mass is 347 g/mol. The molecule has 1 N–H and O–H groups in total. The van der Waals surface area contributed by atoms with Gasteiger partial charge in [0.2, 0.25) is 5.89 Å². The fourth-order valence-corrected chi connectivity index (χ4v) is 2.77. The van der Waals surface area contributed by atoms with E-state index in [4.69, 9.17) is 4.42 Å². The van der Waals surface area contributed by atoms with Crippen molar-refractivity contribution >= 4 is 17.2 Å². The van der Waals surface area contributed by atoms with Crippen LogP contribution in [0, 0.1) is 6.92 Å². The van der Waals surface area contributed by atoms with Gasteiger partial charge < -0.3 is 9.52 Å². The standard InChI is InChI=1S/C19H13N3O4/c1-11-7-9-22(18(23)15(11)19(24)25)13-5-2-4-12(10-13)17-21-16-14(26-17)6-3-8-20-16/h2-10H,1H3,(H,24,25). The zero-order chi connectivity index (χ0) is 18.3. The Morgan fingerprint density at radius 1 is 1.19 bits per heavy atom. The number of oxazole rings is 1. The molecule has 0 unspecified atom stereocenters. The van der Waals surface area contributed by atoms with Crippen molar-refractivity contribution in [2.75, 3.05) is 0 Å². The van der Waals surface area contributed by atoms with Crippen LogP contribution in [0.25, 0.3) is 28.4 Å². The number of pyridine rings is 2. The number of rotatable bonds is 3. The lowest BCUT2D eigenvalue weighted by Gasteiger charge is -2.09. The van der Waals surface area contributed by atoms with Crippen LogP contribution in [-0.2, 0) is 0 Å². The molecule has 1 aromatic carbocycles. The van der Waals surface area contributed by atoms with Crippen molar-refractivity contribution < 1.29 is 14.3 Å². The molecular formula is C19H13N3O4. The zero-order valence-corrected chi connectivity index (χ0v) is 13.7. The summed E-state index contributed by atoms with van der Waals surface area (Å²) in [5, 5.41) is 9.29. The van der Waals surface area contributed by atoms with Crippen molar-refractivity contribution in [1.82, 2.24) is 14.5 Å². The zero-order valence-electron chi connectivity index (χ0n) is 13.7. The number of benzene rings is 1. The molecule has 0 radical (unpaired) electrons. The Morgan fingerprint density at radius 3 is 2.81 bits per heavy atom. The molecule has 0 aliphatic heterocycles. The molecular weight excluding hydrogens is 334 g/mol. The van der Waals surface area contributed by atoms with Crippen molar-refractivity contribution in [2.45, 2.75) is 6.92 Å².